The molecule has 7 heteroatoms. The second kappa shape index (κ2) is 7.00. The lowest BCUT2D eigenvalue weighted by Crippen LogP contribution is -2.35. The first-order chi connectivity index (χ1) is 12.5. The van der Waals surface area contributed by atoms with Gasteiger partial charge in [-0.25, -0.2) is 0 Å². The summed E-state index contributed by atoms with van der Waals surface area (Å²) in [6.07, 6.45) is 0.893. The van der Waals surface area contributed by atoms with E-state index in [4.69, 9.17) is 11.6 Å². The molecule has 1 aromatic heterocycles. The van der Waals surface area contributed by atoms with Gasteiger partial charge in [0.2, 0.25) is 5.82 Å². The van der Waals surface area contributed by atoms with Crippen LogP contribution in [0.1, 0.15) is 35.9 Å². The van der Waals surface area contributed by atoms with Crippen molar-refractivity contribution in [3.05, 3.63) is 46.5 Å². The minimum absolute atomic E-state index is 0.0909. The molecule has 3 heterocycles. The molecule has 6 nitrogen and oxygen atoms in total. The van der Waals surface area contributed by atoms with Crippen molar-refractivity contribution < 1.29 is 4.79 Å². The third kappa shape index (κ3) is 3.48. The number of nitrogens with zero attached hydrogens (tertiary/aromatic N) is 4. The fourth-order valence-electron chi connectivity index (χ4n) is 4.09. The lowest BCUT2D eigenvalue weighted by atomic mass is 9.89. The second-order valence-corrected chi connectivity index (χ2v) is 8.16. The first-order valence-electron chi connectivity index (χ1n) is 9.19. The molecule has 1 amide bonds. The van der Waals surface area contributed by atoms with Gasteiger partial charge in [0.15, 0.2) is 0 Å². The van der Waals surface area contributed by atoms with Crippen LogP contribution in [0.25, 0.3) is 0 Å². The van der Waals surface area contributed by atoms with Gasteiger partial charge in [-0.3, -0.25) is 9.69 Å². The largest absolute Gasteiger partial charge is 0.347 e. The molecule has 0 spiro atoms. The minimum Gasteiger partial charge on any atom is -0.347 e. The van der Waals surface area contributed by atoms with Gasteiger partial charge in [-0.15, -0.1) is 10.2 Å². The summed E-state index contributed by atoms with van der Waals surface area (Å²) >= 11 is 5.98. The van der Waals surface area contributed by atoms with E-state index in [1.54, 1.807) is 0 Å². The van der Waals surface area contributed by atoms with E-state index in [0.717, 1.165) is 43.4 Å². The Hall–Kier alpha value is -1.92. The number of hydrogen-bond donors (Lipinski definition) is 1. The Labute approximate surface area is 158 Å². The summed E-state index contributed by atoms with van der Waals surface area (Å²) in [5.74, 6) is 2.38. The quantitative estimate of drug-likeness (QED) is 0.893. The number of amides is 1. The molecule has 0 bridgehead atoms. The van der Waals surface area contributed by atoms with Gasteiger partial charge in [0.25, 0.3) is 5.91 Å². The number of aromatic nitrogens is 3. The number of carbonyl (C=O) groups is 1. The van der Waals surface area contributed by atoms with E-state index in [9.17, 15) is 4.79 Å². The second-order valence-electron chi connectivity index (χ2n) is 7.72. The molecular formula is C19H24ClN5O. The van der Waals surface area contributed by atoms with E-state index in [1.807, 2.05) is 30.5 Å². The number of fused-ring (bicyclic) bond motifs is 2. The molecule has 0 radical (unpaired) electrons. The highest BCUT2D eigenvalue weighted by atomic mass is 35.5. The minimum atomic E-state index is -0.131. The summed E-state index contributed by atoms with van der Waals surface area (Å²) in [7, 11) is 0. The van der Waals surface area contributed by atoms with Gasteiger partial charge in [-0.1, -0.05) is 23.7 Å². The Morgan fingerprint density at radius 2 is 1.92 bits per heavy atom. The molecule has 2 atom stereocenters. The van der Waals surface area contributed by atoms with Crippen LogP contribution in [0.4, 0.5) is 0 Å². The van der Waals surface area contributed by atoms with Crippen LogP contribution in [0.2, 0.25) is 5.02 Å². The van der Waals surface area contributed by atoms with Crippen molar-refractivity contribution in [3.8, 4) is 0 Å². The maximum absolute atomic E-state index is 12.4. The summed E-state index contributed by atoms with van der Waals surface area (Å²) in [6, 6.07) is 8.16. The summed E-state index contributed by atoms with van der Waals surface area (Å²) in [6.45, 7) is 7.76. The Morgan fingerprint density at radius 3 is 2.65 bits per heavy atom. The van der Waals surface area contributed by atoms with Crippen molar-refractivity contribution in [2.75, 3.05) is 13.1 Å². The van der Waals surface area contributed by atoms with Gasteiger partial charge >= 0.3 is 0 Å². The third-order valence-electron chi connectivity index (χ3n) is 5.28. The van der Waals surface area contributed by atoms with Gasteiger partial charge in [0.05, 0.1) is 0 Å². The van der Waals surface area contributed by atoms with Gasteiger partial charge in [0.1, 0.15) is 5.82 Å². The normalized spacial score (nSPS) is 22.3. The Kier molecular flexibility index (Phi) is 4.71. The molecule has 1 aromatic carbocycles. The molecule has 0 saturated carbocycles. The molecule has 4 rings (SSSR count). The topological polar surface area (TPSA) is 63.1 Å². The first kappa shape index (κ1) is 17.5. The first-order valence-corrected chi connectivity index (χ1v) is 9.57. The molecule has 26 heavy (non-hydrogen) atoms. The molecule has 2 aliphatic rings. The average Bonchev–Trinajstić information content (AvgIpc) is 3.16. The molecule has 1 fully saturated rings. The number of rotatable bonds is 4. The van der Waals surface area contributed by atoms with E-state index >= 15 is 0 Å². The zero-order valence-corrected chi connectivity index (χ0v) is 15.9. The van der Waals surface area contributed by atoms with Crippen LogP contribution in [0.15, 0.2) is 24.3 Å². The predicted molar refractivity (Wildman–Crippen MR) is 100 cm³/mol. The lowest BCUT2D eigenvalue weighted by molar-refractivity contribution is 0.0924. The number of carbonyl (C=O) groups excluding carboxylic acids is 1. The standard InChI is InChI=1S/C19H24ClN5O/c1-12(2)21-19(26)18-23-22-17-7-14-9-24(10-15(14)11-25(17)18)8-13-3-5-16(20)6-4-13/h3-6,12,14-15H,7-11H2,1-2H3,(H,21,26)/t14-,15+/m1/s1. The monoisotopic (exact) mass is 373 g/mol. The van der Waals surface area contributed by atoms with E-state index in [2.05, 4.69) is 32.5 Å². The molecule has 1 N–H and O–H groups in total. The summed E-state index contributed by atoms with van der Waals surface area (Å²) in [4.78, 5) is 14.9. The van der Waals surface area contributed by atoms with Gasteiger partial charge < -0.3 is 9.88 Å². The number of halogens is 1. The number of benzene rings is 1. The fraction of sp³-hybridized carbons (Fsp3) is 0.526. The average molecular weight is 374 g/mol. The molecule has 0 aliphatic carbocycles. The van der Waals surface area contributed by atoms with Gasteiger partial charge in [0, 0.05) is 43.7 Å². The van der Waals surface area contributed by atoms with Crippen LogP contribution < -0.4 is 5.32 Å². The van der Waals surface area contributed by atoms with Crippen LogP contribution in [0.3, 0.4) is 0 Å². The van der Waals surface area contributed by atoms with Crippen molar-refractivity contribution in [1.82, 2.24) is 25.0 Å². The molecule has 1 saturated heterocycles. The van der Waals surface area contributed by atoms with Gasteiger partial charge in [-0.05, 0) is 43.4 Å². The molecular weight excluding hydrogens is 350 g/mol. The molecule has 2 aromatic rings. The third-order valence-corrected chi connectivity index (χ3v) is 5.54. The SMILES string of the molecule is CC(C)NC(=O)c1nnc2n1C[C@@H]1CN(Cc3ccc(Cl)cc3)C[C@H]1C2. The van der Waals surface area contributed by atoms with Crippen molar-refractivity contribution >= 4 is 17.5 Å². The van der Waals surface area contributed by atoms with E-state index < -0.39 is 0 Å². The summed E-state index contributed by atoms with van der Waals surface area (Å²) in [5.41, 5.74) is 1.28. The highest BCUT2D eigenvalue weighted by Crippen LogP contribution is 2.33. The predicted octanol–water partition coefficient (Wildman–Crippen LogP) is 2.37. The van der Waals surface area contributed by atoms with E-state index in [0.29, 0.717) is 17.7 Å². The lowest BCUT2D eigenvalue weighted by Gasteiger charge is -2.25. The van der Waals surface area contributed by atoms with Crippen molar-refractivity contribution in [2.45, 2.75) is 39.4 Å². The molecule has 2 aliphatic heterocycles. The number of nitrogens with one attached hydrogen (secondary N) is 1. The Balaban J connectivity index is 1.44. The highest BCUT2D eigenvalue weighted by molar-refractivity contribution is 6.30. The van der Waals surface area contributed by atoms with Crippen LogP contribution in [-0.2, 0) is 19.5 Å². The van der Waals surface area contributed by atoms with Crippen molar-refractivity contribution in [2.24, 2.45) is 11.8 Å². The number of likely N-dealkylation sites (tertiary alicyclic amines) is 1. The Bertz CT molecular complexity index is 801. The maximum Gasteiger partial charge on any atom is 0.289 e. The van der Waals surface area contributed by atoms with E-state index in [1.165, 1.54) is 5.56 Å². The van der Waals surface area contributed by atoms with Crippen LogP contribution in [0.5, 0.6) is 0 Å². The smallest absolute Gasteiger partial charge is 0.289 e. The zero-order chi connectivity index (χ0) is 18.3. The fourth-order valence-corrected chi connectivity index (χ4v) is 4.22. The molecule has 0 unspecified atom stereocenters. The van der Waals surface area contributed by atoms with Crippen LogP contribution in [-0.4, -0.2) is 44.7 Å². The van der Waals surface area contributed by atoms with Crippen LogP contribution >= 0.6 is 11.6 Å². The Morgan fingerprint density at radius 1 is 1.19 bits per heavy atom. The molecule has 138 valence electrons. The summed E-state index contributed by atoms with van der Waals surface area (Å²) in [5, 5.41) is 12.1. The highest BCUT2D eigenvalue weighted by Gasteiger charge is 2.39. The maximum atomic E-state index is 12.4. The summed E-state index contributed by atoms with van der Waals surface area (Å²) < 4.78 is 2.02. The van der Waals surface area contributed by atoms with Crippen molar-refractivity contribution in [3.63, 3.8) is 0 Å². The zero-order valence-electron chi connectivity index (χ0n) is 15.2. The van der Waals surface area contributed by atoms with Crippen LogP contribution in [0, 0.1) is 11.8 Å². The van der Waals surface area contributed by atoms with Gasteiger partial charge in [-0.2, -0.15) is 0 Å². The number of hydrogen-bond acceptors (Lipinski definition) is 4. The van der Waals surface area contributed by atoms with E-state index in [-0.39, 0.29) is 11.9 Å². The van der Waals surface area contributed by atoms with Crippen molar-refractivity contribution in [1.29, 1.82) is 0 Å².